The molecule has 2 atom stereocenters. The Morgan fingerprint density at radius 1 is 1.38 bits per heavy atom. The van der Waals surface area contributed by atoms with Gasteiger partial charge in [0.05, 0.1) is 10.5 Å². The van der Waals surface area contributed by atoms with Crippen molar-refractivity contribution in [1.29, 1.82) is 0 Å². The summed E-state index contributed by atoms with van der Waals surface area (Å²) in [5.41, 5.74) is 0.443. The first-order valence-corrected chi connectivity index (χ1v) is 7.16. The molecule has 1 rings (SSSR count). The summed E-state index contributed by atoms with van der Waals surface area (Å²) >= 11 is 0. The number of benzene rings is 1. The molecule has 0 fully saturated rings. The van der Waals surface area contributed by atoms with E-state index in [0.29, 0.717) is 11.5 Å². The highest BCUT2D eigenvalue weighted by atomic mass is 16.6. The monoisotopic (exact) mass is 293 g/mol. The van der Waals surface area contributed by atoms with E-state index in [-0.39, 0.29) is 23.3 Å². The highest BCUT2D eigenvalue weighted by molar-refractivity contribution is 6.01. The van der Waals surface area contributed by atoms with E-state index in [9.17, 15) is 14.9 Å². The van der Waals surface area contributed by atoms with Crippen LogP contribution in [0.1, 0.15) is 44.0 Å². The summed E-state index contributed by atoms with van der Waals surface area (Å²) in [7, 11) is 1.57. The van der Waals surface area contributed by atoms with E-state index in [4.69, 9.17) is 0 Å². The van der Waals surface area contributed by atoms with E-state index in [2.05, 4.69) is 24.5 Å². The number of carbonyl (C=O) groups is 1. The van der Waals surface area contributed by atoms with Crippen molar-refractivity contribution in [3.8, 4) is 0 Å². The molecule has 6 heteroatoms. The molecule has 0 aromatic heterocycles. The van der Waals surface area contributed by atoms with Crippen LogP contribution >= 0.6 is 0 Å². The predicted molar refractivity (Wildman–Crippen MR) is 83.6 cm³/mol. The molecule has 0 aliphatic carbocycles. The van der Waals surface area contributed by atoms with E-state index in [0.717, 1.165) is 12.8 Å². The van der Waals surface area contributed by atoms with Gasteiger partial charge < -0.3 is 10.6 Å². The van der Waals surface area contributed by atoms with Crippen LogP contribution < -0.4 is 10.6 Å². The number of anilines is 1. The van der Waals surface area contributed by atoms with Crippen LogP contribution in [0.2, 0.25) is 0 Å². The topological polar surface area (TPSA) is 84.3 Å². The van der Waals surface area contributed by atoms with Crippen LogP contribution in [0.5, 0.6) is 0 Å². The summed E-state index contributed by atoms with van der Waals surface area (Å²) in [6.07, 6.45) is 1.94. The van der Waals surface area contributed by atoms with Gasteiger partial charge in [0.2, 0.25) is 0 Å². The van der Waals surface area contributed by atoms with Gasteiger partial charge in [-0.1, -0.05) is 26.3 Å². The van der Waals surface area contributed by atoms with Crippen molar-refractivity contribution < 1.29 is 9.72 Å². The Balaban J connectivity index is 2.92. The Bertz CT molecular complexity index is 517. The molecule has 0 saturated carbocycles. The molecule has 1 aromatic rings. The third-order valence-corrected chi connectivity index (χ3v) is 3.56. The van der Waals surface area contributed by atoms with E-state index in [1.54, 1.807) is 13.1 Å². The predicted octanol–water partition coefficient (Wildman–Crippen LogP) is 3.19. The van der Waals surface area contributed by atoms with Crippen LogP contribution in [0.4, 0.5) is 11.4 Å². The minimum absolute atomic E-state index is 0.0245. The number of nitrogens with one attached hydrogen (secondary N) is 2. The van der Waals surface area contributed by atoms with Gasteiger partial charge in [-0.25, -0.2) is 0 Å². The fourth-order valence-corrected chi connectivity index (χ4v) is 2.27. The van der Waals surface area contributed by atoms with Crippen molar-refractivity contribution in [2.45, 2.75) is 39.7 Å². The summed E-state index contributed by atoms with van der Waals surface area (Å²) in [5, 5.41) is 16.6. The zero-order valence-electron chi connectivity index (χ0n) is 13.0. The second-order valence-corrected chi connectivity index (χ2v) is 5.33. The molecule has 0 aliphatic rings. The number of hydrogen-bond acceptors (Lipinski definition) is 4. The van der Waals surface area contributed by atoms with Crippen LogP contribution in [0.25, 0.3) is 0 Å². The maximum absolute atomic E-state index is 12.3. The fraction of sp³-hybridized carbons (Fsp3) is 0.533. The number of nitro groups is 1. The molecule has 0 heterocycles. The first kappa shape index (κ1) is 16.9. The number of amides is 1. The molecule has 0 spiro atoms. The smallest absolute Gasteiger partial charge is 0.293 e. The highest BCUT2D eigenvalue weighted by Gasteiger charge is 2.21. The van der Waals surface area contributed by atoms with E-state index < -0.39 is 4.92 Å². The van der Waals surface area contributed by atoms with Crippen molar-refractivity contribution in [3.63, 3.8) is 0 Å². The maximum atomic E-state index is 12.3. The molecule has 2 N–H and O–H groups in total. The number of rotatable bonds is 7. The Labute approximate surface area is 125 Å². The molecule has 116 valence electrons. The van der Waals surface area contributed by atoms with Crippen LogP contribution in [-0.4, -0.2) is 23.9 Å². The van der Waals surface area contributed by atoms with Crippen LogP contribution in [0.3, 0.4) is 0 Å². The molecule has 0 radical (unpaired) electrons. The largest absolute Gasteiger partial charge is 0.382 e. The molecule has 21 heavy (non-hydrogen) atoms. The van der Waals surface area contributed by atoms with Gasteiger partial charge in [0.15, 0.2) is 0 Å². The minimum Gasteiger partial charge on any atom is -0.382 e. The average molecular weight is 293 g/mol. The van der Waals surface area contributed by atoms with Gasteiger partial charge >= 0.3 is 0 Å². The summed E-state index contributed by atoms with van der Waals surface area (Å²) < 4.78 is 0. The Morgan fingerprint density at radius 3 is 2.57 bits per heavy atom. The Kier molecular flexibility index (Phi) is 6.14. The Morgan fingerprint density at radius 2 is 2.05 bits per heavy atom. The van der Waals surface area contributed by atoms with Crippen molar-refractivity contribution in [3.05, 3.63) is 33.9 Å². The molecule has 1 amide bonds. The fourth-order valence-electron chi connectivity index (χ4n) is 2.27. The van der Waals surface area contributed by atoms with Gasteiger partial charge in [0, 0.05) is 19.2 Å². The van der Waals surface area contributed by atoms with Crippen LogP contribution in [0.15, 0.2) is 18.2 Å². The molecule has 6 nitrogen and oxygen atoms in total. The molecular weight excluding hydrogens is 270 g/mol. The first-order valence-electron chi connectivity index (χ1n) is 7.16. The maximum Gasteiger partial charge on any atom is 0.293 e. The van der Waals surface area contributed by atoms with Gasteiger partial charge in [-0.05, 0) is 25.3 Å². The second-order valence-electron chi connectivity index (χ2n) is 5.33. The van der Waals surface area contributed by atoms with Crippen molar-refractivity contribution >= 4 is 17.3 Å². The highest BCUT2D eigenvalue weighted by Crippen LogP contribution is 2.27. The van der Waals surface area contributed by atoms with Gasteiger partial charge in [0.25, 0.3) is 11.6 Å². The van der Waals surface area contributed by atoms with Crippen LogP contribution in [-0.2, 0) is 0 Å². The number of hydrogen-bond donors (Lipinski definition) is 2. The molecule has 0 bridgehead atoms. The van der Waals surface area contributed by atoms with Crippen molar-refractivity contribution in [2.75, 3.05) is 12.4 Å². The lowest BCUT2D eigenvalue weighted by atomic mass is 10.00. The zero-order chi connectivity index (χ0) is 16.0. The van der Waals surface area contributed by atoms with Crippen molar-refractivity contribution in [2.24, 2.45) is 5.92 Å². The number of nitrogens with zero attached hydrogens (tertiary/aromatic N) is 1. The van der Waals surface area contributed by atoms with Crippen molar-refractivity contribution in [1.82, 2.24) is 5.32 Å². The number of nitro benzene ring substituents is 1. The van der Waals surface area contributed by atoms with Gasteiger partial charge in [0.1, 0.15) is 5.69 Å². The summed E-state index contributed by atoms with van der Waals surface area (Å²) in [6.45, 7) is 6.19. The average Bonchev–Trinajstić information content (AvgIpc) is 2.45. The van der Waals surface area contributed by atoms with E-state index in [1.165, 1.54) is 12.1 Å². The summed E-state index contributed by atoms with van der Waals surface area (Å²) in [4.78, 5) is 22.8. The van der Waals surface area contributed by atoms with Gasteiger partial charge in [-0.3, -0.25) is 14.9 Å². The van der Waals surface area contributed by atoms with E-state index >= 15 is 0 Å². The summed E-state index contributed by atoms with van der Waals surface area (Å²) in [6, 6.07) is 4.51. The van der Waals surface area contributed by atoms with Gasteiger partial charge in [-0.2, -0.15) is 0 Å². The normalized spacial score (nSPS) is 13.3. The molecular formula is C15H23N3O3. The second kappa shape index (κ2) is 7.61. The third kappa shape index (κ3) is 4.44. The quantitative estimate of drug-likeness (QED) is 0.597. The Hall–Kier alpha value is -2.11. The molecule has 0 aliphatic heterocycles. The molecule has 0 saturated heterocycles. The minimum atomic E-state index is -0.495. The zero-order valence-corrected chi connectivity index (χ0v) is 13.0. The van der Waals surface area contributed by atoms with Gasteiger partial charge in [-0.15, -0.1) is 0 Å². The standard InChI is InChI=1S/C15H23N3O3/c1-5-10(2)9-11(3)17-15(19)12-7-6-8-13(18(20)21)14(12)16-4/h6-8,10-11,16H,5,9H2,1-4H3,(H,17,19). The molecule has 1 aromatic carbocycles. The van der Waals surface area contributed by atoms with E-state index in [1.807, 2.05) is 6.92 Å². The third-order valence-electron chi connectivity index (χ3n) is 3.56. The number of para-hydroxylation sites is 1. The lowest BCUT2D eigenvalue weighted by Crippen LogP contribution is -2.34. The SMILES string of the molecule is CCC(C)CC(C)NC(=O)c1cccc([N+](=O)[O-])c1NC. The summed E-state index contributed by atoms with van der Waals surface area (Å²) in [5.74, 6) is 0.230. The lowest BCUT2D eigenvalue weighted by Gasteiger charge is -2.18. The molecule has 2 unspecified atom stereocenters. The lowest BCUT2D eigenvalue weighted by molar-refractivity contribution is -0.384. The first-order chi connectivity index (χ1) is 9.90. The van der Waals surface area contributed by atoms with Crippen LogP contribution in [0, 0.1) is 16.0 Å². The number of carbonyl (C=O) groups excluding carboxylic acids is 1.